The summed E-state index contributed by atoms with van der Waals surface area (Å²) in [6, 6.07) is 3.42. The molecule has 1 N–H and O–H groups in total. The number of halogens is 1. The molecule has 0 amide bonds. The highest BCUT2D eigenvalue weighted by Crippen LogP contribution is 2.30. The first kappa shape index (κ1) is 13.1. The zero-order chi connectivity index (χ0) is 13.1. The van der Waals surface area contributed by atoms with E-state index in [0.29, 0.717) is 17.2 Å². The van der Waals surface area contributed by atoms with E-state index in [1.165, 1.54) is 11.3 Å². The summed E-state index contributed by atoms with van der Waals surface area (Å²) in [6.07, 6.45) is 0.784. The van der Waals surface area contributed by atoms with Crippen molar-refractivity contribution < 1.29 is 9.53 Å². The Bertz CT molecular complexity index is 583. The molecule has 0 bridgehead atoms. The molecule has 0 radical (unpaired) electrons. The van der Waals surface area contributed by atoms with Crippen LogP contribution in [-0.2, 0) is 4.74 Å². The number of thiazole rings is 1. The molecule has 96 valence electrons. The zero-order valence-electron chi connectivity index (χ0n) is 10.1. The highest BCUT2D eigenvalue weighted by molar-refractivity contribution is 7.22. The summed E-state index contributed by atoms with van der Waals surface area (Å²) >= 11 is 7.58. The fraction of sp³-hybridized carbons (Fsp3) is 0.333. The van der Waals surface area contributed by atoms with Crippen LogP contribution in [-0.4, -0.2) is 24.6 Å². The molecule has 1 aromatic heterocycles. The van der Waals surface area contributed by atoms with Crippen molar-refractivity contribution in [1.29, 1.82) is 0 Å². The van der Waals surface area contributed by atoms with Gasteiger partial charge in [-0.3, -0.25) is 0 Å². The van der Waals surface area contributed by atoms with Gasteiger partial charge in [-0.1, -0.05) is 29.9 Å². The fourth-order valence-corrected chi connectivity index (χ4v) is 2.63. The number of hydrogen-bond donors (Lipinski definition) is 1. The van der Waals surface area contributed by atoms with E-state index in [0.717, 1.165) is 21.8 Å². The lowest BCUT2D eigenvalue weighted by molar-refractivity contribution is 0.0505. The second kappa shape index (κ2) is 5.54. The van der Waals surface area contributed by atoms with Crippen molar-refractivity contribution in [1.82, 2.24) is 4.98 Å². The number of carbonyl (C=O) groups excluding carboxylic acids is 1. The van der Waals surface area contributed by atoms with E-state index in [1.54, 1.807) is 19.2 Å². The second-order valence-electron chi connectivity index (χ2n) is 3.70. The van der Waals surface area contributed by atoms with Gasteiger partial charge in [-0.2, -0.15) is 0 Å². The lowest BCUT2D eigenvalue weighted by Crippen LogP contribution is -2.06. The minimum atomic E-state index is -0.400. The molecule has 2 aromatic rings. The molecule has 2 rings (SSSR count). The molecule has 1 aromatic carbocycles. The molecule has 0 fully saturated rings. The van der Waals surface area contributed by atoms with Crippen LogP contribution < -0.4 is 5.32 Å². The topological polar surface area (TPSA) is 51.2 Å². The van der Waals surface area contributed by atoms with Gasteiger partial charge in [0.2, 0.25) is 0 Å². The van der Waals surface area contributed by atoms with Gasteiger partial charge in [0.1, 0.15) is 0 Å². The van der Waals surface area contributed by atoms with Crippen molar-refractivity contribution in [3.8, 4) is 0 Å². The number of esters is 1. The van der Waals surface area contributed by atoms with Crippen molar-refractivity contribution in [3.63, 3.8) is 0 Å². The molecule has 18 heavy (non-hydrogen) atoms. The number of ether oxygens (including phenoxy) is 1. The Morgan fingerprint density at radius 2 is 2.33 bits per heavy atom. The van der Waals surface area contributed by atoms with Crippen LogP contribution in [0.25, 0.3) is 10.2 Å². The van der Waals surface area contributed by atoms with Gasteiger partial charge < -0.3 is 10.1 Å². The number of anilines is 1. The van der Waals surface area contributed by atoms with Crippen molar-refractivity contribution in [2.45, 2.75) is 13.3 Å². The summed E-state index contributed by atoms with van der Waals surface area (Å²) in [5.41, 5.74) is 1.11. The van der Waals surface area contributed by atoms with Crippen LogP contribution in [0, 0.1) is 0 Å². The summed E-state index contributed by atoms with van der Waals surface area (Å²) < 4.78 is 6.02. The van der Waals surface area contributed by atoms with E-state index in [-0.39, 0.29) is 0 Å². The quantitative estimate of drug-likeness (QED) is 0.872. The van der Waals surface area contributed by atoms with E-state index in [4.69, 9.17) is 16.3 Å². The standard InChI is InChI=1S/C12H13ClN2O2S/c1-3-4-17-11(16)7-5-9-10(6-8(7)13)18-12(14-2)15-9/h5-6H,3-4H2,1-2H3,(H,14,15). The molecule has 6 heteroatoms. The van der Waals surface area contributed by atoms with Gasteiger partial charge in [0.05, 0.1) is 27.4 Å². The lowest BCUT2D eigenvalue weighted by Gasteiger charge is -2.04. The maximum Gasteiger partial charge on any atom is 0.339 e. The number of benzene rings is 1. The van der Waals surface area contributed by atoms with E-state index in [1.807, 2.05) is 6.92 Å². The van der Waals surface area contributed by atoms with Crippen LogP contribution in [0.15, 0.2) is 12.1 Å². The summed E-state index contributed by atoms with van der Waals surface area (Å²) in [5.74, 6) is -0.400. The minimum absolute atomic E-state index is 0.366. The Morgan fingerprint density at radius 3 is 3.00 bits per heavy atom. The Labute approximate surface area is 114 Å². The molecule has 1 heterocycles. The van der Waals surface area contributed by atoms with Crippen LogP contribution in [0.4, 0.5) is 5.13 Å². The Balaban J connectivity index is 2.38. The molecule has 4 nitrogen and oxygen atoms in total. The van der Waals surface area contributed by atoms with Gasteiger partial charge in [0, 0.05) is 7.05 Å². The van der Waals surface area contributed by atoms with Crippen molar-refractivity contribution in [2.75, 3.05) is 19.0 Å². The number of aromatic nitrogens is 1. The first-order valence-corrected chi connectivity index (χ1v) is 6.80. The van der Waals surface area contributed by atoms with Gasteiger partial charge in [-0.05, 0) is 18.6 Å². The Hall–Kier alpha value is -1.33. The third-order valence-corrected chi connectivity index (χ3v) is 3.70. The zero-order valence-corrected chi connectivity index (χ0v) is 11.7. The minimum Gasteiger partial charge on any atom is -0.462 e. The van der Waals surface area contributed by atoms with Crippen molar-refractivity contribution >= 4 is 44.3 Å². The Morgan fingerprint density at radius 1 is 1.56 bits per heavy atom. The molecule has 0 aliphatic rings. The SMILES string of the molecule is CCCOC(=O)c1cc2nc(NC)sc2cc1Cl. The normalized spacial score (nSPS) is 10.6. The average molecular weight is 285 g/mol. The number of hydrogen-bond acceptors (Lipinski definition) is 5. The first-order chi connectivity index (χ1) is 8.65. The fourth-order valence-electron chi connectivity index (χ4n) is 1.48. The van der Waals surface area contributed by atoms with Crippen LogP contribution >= 0.6 is 22.9 Å². The summed E-state index contributed by atoms with van der Waals surface area (Å²) in [5, 5.41) is 4.16. The molecule has 0 aliphatic heterocycles. The third kappa shape index (κ3) is 2.57. The summed E-state index contributed by atoms with van der Waals surface area (Å²) in [6.45, 7) is 2.34. The van der Waals surface area contributed by atoms with Crippen LogP contribution in [0.5, 0.6) is 0 Å². The maximum absolute atomic E-state index is 11.8. The molecular formula is C12H13ClN2O2S. The molecule has 0 atom stereocenters. The predicted molar refractivity (Wildman–Crippen MR) is 74.8 cm³/mol. The summed E-state index contributed by atoms with van der Waals surface area (Å²) in [7, 11) is 1.80. The predicted octanol–water partition coefficient (Wildman–Crippen LogP) is 3.56. The first-order valence-electron chi connectivity index (χ1n) is 5.60. The van der Waals surface area contributed by atoms with Gasteiger partial charge in [0.15, 0.2) is 5.13 Å². The molecular weight excluding hydrogens is 272 g/mol. The number of carbonyl (C=O) groups is 1. The van der Waals surface area contributed by atoms with Crippen molar-refractivity contribution in [2.24, 2.45) is 0 Å². The number of nitrogens with zero attached hydrogens (tertiary/aromatic N) is 1. The number of nitrogens with one attached hydrogen (secondary N) is 1. The van der Waals surface area contributed by atoms with Gasteiger partial charge in [-0.25, -0.2) is 9.78 Å². The highest BCUT2D eigenvalue weighted by atomic mass is 35.5. The number of rotatable bonds is 4. The molecule has 0 saturated heterocycles. The Kier molecular flexibility index (Phi) is 4.04. The van der Waals surface area contributed by atoms with Gasteiger partial charge >= 0.3 is 5.97 Å². The molecule has 0 saturated carbocycles. The van der Waals surface area contributed by atoms with Crippen LogP contribution in [0.2, 0.25) is 5.02 Å². The van der Waals surface area contributed by atoms with E-state index in [9.17, 15) is 4.79 Å². The maximum atomic E-state index is 11.8. The van der Waals surface area contributed by atoms with E-state index in [2.05, 4.69) is 10.3 Å². The number of fused-ring (bicyclic) bond motifs is 1. The third-order valence-electron chi connectivity index (χ3n) is 2.35. The smallest absolute Gasteiger partial charge is 0.339 e. The average Bonchev–Trinajstić information content (AvgIpc) is 2.76. The highest BCUT2D eigenvalue weighted by Gasteiger charge is 2.15. The van der Waals surface area contributed by atoms with E-state index < -0.39 is 5.97 Å². The molecule has 0 unspecified atom stereocenters. The molecule has 0 spiro atoms. The van der Waals surface area contributed by atoms with Crippen LogP contribution in [0.3, 0.4) is 0 Å². The monoisotopic (exact) mass is 284 g/mol. The molecule has 0 aliphatic carbocycles. The second-order valence-corrected chi connectivity index (χ2v) is 5.14. The summed E-state index contributed by atoms with van der Waals surface area (Å²) in [4.78, 5) is 16.1. The van der Waals surface area contributed by atoms with Gasteiger partial charge in [0.25, 0.3) is 0 Å². The van der Waals surface area contributed by atoms with Crippen molar-refractivity contribution in [3.05, 3.63) is 22.7 Å². The van der Waals surface area contributed by atoms with E-state index >= 15 is 0 Å². The lowest BCUT2D eigenvalue weighted by atomic mass is 10.2. The largest absolute Gasteiger partial charge is 0.462 e. The van der Waals surface area contributed by atoms with Gasteiger partial charge in [-0.15, -0.1) is 0 Å². The van der Waals surface area contributed by atoms with Crippen LogP contribution in [0.1, 0.15) is 23.7 Å².